The number of carbonyl (C=O) groups is 1. The monoisotopic (exact) mass is 450 g/mol. The number of nitrogens with one attached hydrogen (secondary N) is 1. The molecule has 0 saturated carbocycles. The molecule has 0 heterocycles. The largest absolute Gasteiger partial charge is 0.489 e. The molecule has 0 saturated heterocycles. The van der Waals surface area contributed by atoms with Crippen LogP contribution in [-0.4, -0.2) is 16.6 Å². The van der Waals surface area contributed by atoms with E-state index in [-0.39, 0.29) is 18.0 Å². The van der Waals surface area contributed by atoms with Crippen LogP contribution in [-0.2, 0) is 17.9 Å². The quantitative estimate of drug-likeness (QED) is 0.334. The number of rotatable bonds is 8. The Hall–Kier alpha value is -4.07. The minimum Gasteiger partial charge on any atom is -0.489 e. The topological polar surface area (TPSA) is 99.9 Å². The van der Waals surface area contributed by atoms with Gasteiger partial charge in [0.05, 0.1) is 4.92 Å². The fourth-order valence-electron chi connectivity index (χ4n) is 2.89. The molecule has 0 spiro atoms. The average Bonchev–Trinajstić information content (AvgIpc) is 2.76. The van der Waals surface area contributed by atoms with Gasteiger partial charge in [-0.25, -0.2) is 4.79 Å². The smallest absolute Gasteiger partial charge is 0.407 e. The number of benzene rings is 3. The Morgan fingerprint density at radius 2 is 1.67 bits per heavy atom. The molecule has 1 amide bonds. The van der Waals surface area contributed by atoms with Gasteiger partial charge in [-0.15, -0.1) is 0 Å². The first-order valence-electron chi connectivity index (χ1n) is 10.4. The van der Waals surface area contributed by atoms with Crippen LogP contribution in [0.1, 0.15) is 31.9 Å². The van der Waals surface area contributed by atoms with Gasteiger partial charge in [0.15, 0.2) is 0 Å². The predicted molar refractivity (Wildman–Crippen MR) is 123 cm³/mol. The lowest BCUT2D eigenvalue weighted by molar-refractivity contribution is -0.385. The Labute approximate surface area is 192 Å². The zero-order valence-electron chi connectivity index (χ0n) is 18.7. The molecule has 33 heavy (non-hydrogen) atoms. The number of nitro groups is 1. The van der Waals surface area contributed by atoms with Crippen molar-refractivity contribution in [2.75, 3.05) is 0 Å². The van der Waals surface area contributed by atoms with Crippen LogP contribution in [0.5, 0.6) is 17.2 Å². The molecule has 3 aromatic carbocycles. The standard InChI is InChI=1S/C25H26N2O6/c1-25(2,3)33-24(28)26-16-19-10-7-11-21(14-19)32-23-15-20(12-13-22(23)27(29)30)31-17-18-8-5-4-6-9-18/h4-15H,16-17H2,1-3H3,(H,26,28). The van der Waals surface area contributed by atoms with Crippen molar-refractivity contribution >= 4 is 11.8 Å². The summed E-state index contributed by atoms with van der Waals surface area (Å²) < 4.78 is 16.8. The molecule has 8 heteroatoms. The molecule has 0 unspecified atom stereocenters. The van der Waals surface area contributed by atoms with Crippen LogP contribution in [0, 0.1) is 10.1 Å². The van der Waals surface area contributed by atoms with Crippen LogP contribution in [0.15, 0.2) is 72.8 Å². The van der Waals surface area contributed by atoms with E-state index in [2.05, 4.69) is 5.32 Å². The zero-order valence-corrected chi connectivity index (χ0v) is 18.7. The minimum atomic E-state index is -0.596. The number of nitro benzene ring substituents is 1. The van der Waals surface area contributed by atoms with Crippen LogP contribution < -0.4 is 14.8 Å². The first kappa shape index (κ1) is 23.6. The summed E-state index contributed by atoms with van der Waals surface area (Å²) in [5, 5.41) is 14.2. The minimum absolute atomic E-state index is 0.0582. The summed E-state index contributed by atoms with van der Waals surface area (Å²) in [7, 11) is 0. The number of ether oxygens (including phenoxy) is 3. The van der Waals surface area contributed by atoms with Gasteiger partial charge in [-0.3, -0.25) is 10.1 Å². The second-order valence-corrected chi connectivity index (χ2v) is 8.27. The number of carbonyl (C=O) groups excluding carboxylic acids is 1. The molecule has 0 aliphatic rings. The maximum atomic E-state index is 11.9. The van der Waals surface area contributed by atoms with Crippen molar-refractivity contribution in [3.8, 4) is 17.2 Å². The van der Waals surface area contributed by atoms with E-state index in [1.807, 2.05) is 30.3 Å². The lowest BCUT2D eigenvalue weighted by atomic mass is 10.2. The highest BCUT2D eigenvalue weighted by atomic mass is 16.6. The molecule has 0 atom stereocenters. The van der Waals surface area contributed by atoms with Crippen molar-refractivity contribution in [1.29, 1.82) is 0 Å². The van der Waals surface area contributed by atoms with E-state index in [1.165, 1.54) is 18.2 Å². The van der Waals surface area contributed by atoms with E-state index in [1.54, 1.807) is 45.0 Å². The molecule has 0 aliphatic carbocycles. The van der Waals surface area contributed by atoms with E-state index >= 15 is 0 Å². The average molecular weight is 450 g/mol. The fraction of sp³-hybridized carbons (Fsp3) is 0.240. The van der Waals surface area contributed by atoms with Crippen molar-refractivity contribution in [1.82, 2.24) is 5.32 Å². The molecule has 0 aliphatic heterocycles. The Bertz CT molecular complexity index is 1110. The number of alkyl carbamates (subject to hydrolysis) is 1. The highest BCUT2D eigenvalue weighted by molar-refractivity contribution is 5.67. The summed E-state index contributed by atoms with van der Waals surface area (Å²) in [5.74, 6) is 0.895. The molecule has 0 bridgehead atoms. The maximum absolute atomic E-state index is 11.9. The van der Waals surface area contributed by atoms with Crippen molar-refractivity contribution in [2.45, 2.75) is 39.5 Å². The Morgan fingerprint density at radius 3 is 2.36 bits per heavy atom. The molecule has 1 N–H and O–H groups in total. The zero-order chi connectivity index (χ0) is 23.8. The normalized spacial score (nSPS) is 10.9. The van der Waals surface area contributed by atoms with Gasteiger partial charge in [-0.1, -0.05) is 42.5 Å². The van der Waals surface area contributed by atoms with Gasteiger partial charge in [-0.2, -0.15) is 0 Å². The van der Waals surface area contributed by atoms with E-state index in [4.69, 9.17) is 14.2 Å². The molecular weight excluding hydrogens is 424 g/mol. The SMILES string of the molecule is CC(C)(C)OC(=O)NCc1cccc(Oc2cc(OCc3ccccc3)ccc2[N+](=O)[O-])c1. The summed E-state index contributed by atoms with van der Waals surface area (Å²) in [6, 6.07) is 20.9. The van der Waals surface area contributed by atoms with Crippen molar-refractivity contribution in [3.63, 3.8) is 0 Å². The Balaban J connectivity index is 1.71. The van der Waals surface area contributed by atoms with Gasteiger partial charge in [0.1, 0.15) is 23.7 Å². The highest BCUT2D eigenvalue weighted by Crippen LogP contribution is 2.35. The Kier molecular flexibility index (Phi) is 7.50. The third-order valence-corrected chi connectivity index (χ3v) is 4.34. The van der Waals surface area contributed by atoms with Gasteiger partial charge in [0, 0.05) is 18.7 Å². The van der Waals surface area contributed by atoms with Crippen LogP contribution in [0.25, 0.3) is 0 Å². The summed E-state index contributed by atoms with van der Waals surface area (Å²) in [4.78, 5) is 22.9. The van der Waals surface area contributed by atoms with E-state index < -0.39 is 16.6 Å². The molecule has 3 rings (SSSR count). The van der Waals surface area contributed by atoms with Crippen molar-refractivity contribution in [3.05, 3.63) is 94.0 Å². The van der Waals surface area contributed by atoms with E-state index in [9.17, 15) is 14.9 Å². The molecule has 0 aromatic heterocycles. The number of hydrogen-bond acceptors (Lipinski definition) is 6. The molecule has 172 valence electrons. The summed E-state index contributed by atoms with van der Waals surface area (Å²) in [6.45, 7) is 5.89. The van der Waals surface area contributed by atoms with Gasteiger partial charge in [0.25, 0.3) is 0 Å². The molecule has 0 fully saturated rings. The van der Waals surface area contributed by atoms with Crippen LogP contribution in [0.3, 0.4) is 0 Å². The fourth-order valence-corrected chi connectivity index (χ4v) is 2.89. The third kappa shape index (κ3) is 7.53. The van der Waals surface area contributed by atoms with Gasteiger partial charge in [-0.05, 0) is 50.1 Å². The first-order valence-corrected chi connectivity index (χ1v) is 10.4. The van der Waals surface area contributed by atoms with Crippen LogP contribution in [0.2, 0.25) is 0 Å². The van der Waals surface area contributed by atoms with Crippen molar-refractivity contribution in [2.24, 2.45) is 0 Å². The van der Waals surface area contributed by atoms with Gasteiger partial charge in [0.2, 0.25) is 5.75 Å². The van der Waals surface area contributed by atoms with Gasteiger partial charge >= 0.3 is 11.8 Å². The lowest BCUT2D eigenvalue weighted by Crippen LogP contribution is -2.32. The van der Waals surface area contributed by atoms with Crippen LogP contribution in [0.4, 0.5) is 10.5 Å². The molecular formula is C25H26N2O6. The first-order chi connectivity index (χ1) is 15.7. The second kappa shape index (κ2) is 10.5. The van der Waals surface area contributed by atoms with Gasteiger partial charge < -0.3 is 19.5 Å². The number of amides is 1. The number of hydrogen-bond donors (Lipinski definition) is 1. The van der Waals surface area contributed by atoms with Crippen LogP contribution >= 0.6 is 0 Å². The summed E-state index contributed by atoms with van der Waals surface area (Å²) in [6.07, 6.45) is -0.535. The third-order valence-electron chi connectivity index (χ3n) is 4.34. The summed E-state index contributed by atoms with van der Waals surface area (Å²) in [5.41, 5.74) is 0.946. The molecule has 0 radical (unpaired) electrons. The Morgan fingerprint density at radius 1 is 0.939 bits per heavy atom. The second-order valence-electron chi connectivity index (χ2n) is 8.27. The number of nitrogens with zero attached hydrogens (tertiary/aromatic N) is 1. The van der Waals surface area contributed by atoms with E-state index in [0.717, 1.165) is 11.1 Å². The summed E-state index contributed by atoms with van der Waals surface area (Å²) >= 11 is 0. The predicted octanol–water partition coefficient (Wildman–Crippen LogP) is 5.99. The molecule has 8 nitrogen and oxygen atoms in total. The van der Waals surface area contributed by atoms with Crippen molar-refractivity contribution < 1.29 is 23.9 Å². The maximum Gasteiger partial charge on any atom is 0.407 e. The highest BCUT2D eigenvalue weighted by Gasteiger charge is 2.18. The lowest BCUT2D eigenvalue weighted by Gasteiger charge is -2.19. The van der Waals surface area contributed by atoms with E-state index in [0.29, 0.717) is 18.1 Å². The molecule has 3 aromatic rings.